The number of aliphatic hydroxyl groups is 1. The van der Waals surface area contributed by atoms with Gasteiger partial charge in [0.25, 0.3) is 0 Å². The standard InChI is InChI=1S/C30H37N9O2S/c1-29(2,40)16-38(4)27-20-14-33-39(17-9-12-37(3)15-17)28(20)35-26(34-27)23-18-7-5-10-30(24(18)41-36-23)11-6-8-21-22(30)19(13-31)25(32)42-21/h14,17,40H,5-12,15-16,32H2,1-4H3/t17-,30-/m0/s1. The van der Waals surface area contributed by atoms with Crippen molar-refractivity contribution in [3.8, 4) is 17.6 Å². The molecule has 1 spiro atoms. The average molecular weight is 588 g/mol. The van der Waals surface area contributed by atoms with E-state index in [0.29, 0.717) is 34.4 Å². The number of nitrogens with zero attached hydrogens (tertiary/aromatic N) is 8. The van der Waals surface area contributed by atoms with Crippen LogP contribution in [0.5, 0.6) is 0 Å². The quantitative estimate of drug-likeness (QED) is 0.351. The molecule has 0 saturated carbocycles. The van der Waals surface area contributed by atoms with Crippen molar-refractivity contribution < 1.29 is 9.63 Å². The molecule has 12 heteroatoms. The Morgan fingerprint density at radius 1 is 1.29 bits per heavy atom. The molecule has 0 bridgehead atoms. The highest BCUT2D eigenvalue weighted by molar-refractivity contribution is 7.16. The Hall–Kier alpha value is -3.53. The van der Waals surface area contributed by atoms with Crippen molar-refractivity contribution in [3.05, 3.63) is 33.5 Å². The van der Waals surface area contributed by atoms with E-state index in [-0.39, 0.29) is 6.04 Å². The molecule has 1 aliphatic heterocycles. The molecule has 220 valence electrons. The van der Waals surface area contributed by atoms with Crippen molar-refractivity contribution in [2.75, 3.05) is 44.4 Å². The maximum absolute atomic E-state index is 10.6. The number of hydrogen-bond donors (Lipinski definition) is 2. The van der Waals surface area contributed by atoms with E-state index < -0.39 is 11.0 Å². The van der Waals surface area contributed by atoms with Gasteiger partial charge in [0.05, 0.1) is 34.2 Å². The number of aromatic nitrogens is 5. The summed E-state index contributed by atoms with van der Waals surface area (Å²) in [5.41, 5.74) is 9.08. The predicted molar refractivity (Wildman–Crippen MR) is 162 cm³/mol. The molecule has 42 heavy (non-hydrogen) atoms. The second kappa shape index (κ2) is 9.76. The van der Waals surface area contributed by atoms with Gasteiger partial charge in [-0.25, -0.2) is 14.6 Å². The van der Waals surface area contributed by atoms with E-state index in [2.05, 4.69) is 23.2 Å². The Morgan fingerprint density at radius 3 is 2.79 bits per heavy atom. The third-order valence-electron chi connectivity index (χ3n) is 9.20. The molecule has 0 aromatic carbocycles. The zero-order valence-electron chi connectivity index (χ0n) is 24.6. The van der Waals surface area contributed by atoms with E-state index in [1.807, 2.05) is 22.8 Å². The van der Waals surface area contributed by atoms with E-state index >= 15 is 0 Å². The van der Waals surface area contributed by atoms with Gasteiger partial charge in [-0.2, -0.15) is 10.4 Å². The summed E-state index contributed by atoms with van der Waals surface area (Å²) in [5.74, 6) is 2.03. The lowest BCUT2D eigenvalue weighted by Gasteiger charge is -2.39. The van der Waals surface area contributed by atoms with Crippen LogP contribution < -0.4 is 10.6 Å². The monoisotopic (exact) mass is 587 g/mol. The van der Waals surface area contributed by atoms with E-state index in [1.165, 1.54) is 4.88 Å². The van der Waals surface area contributed by atoms with Gasteiger partial charge in [-0.1, -0.05) is 5.16 Å². The number of fused-ring (bicyclic) bond motifs is 5. The van der Waals surface area contributed by atoms with E-state index in [4.69, 9.17) is 25.3 Å². The average Bonchev–Trinajstić information content (AvgIpc) is 3.72. The predicted octanol–water partition coefficient (Wildman–Crippen LogP) is 4.04. The number of hydrogen-bond acceptors (Lipinski definition) is 11. The van der Waals surface area contributed by atoms with E-state index in [9.17, 15) is 10.4 Å². The molecule has 5 heterocycles. The SMILES string of the molecule is CN1CC[C@H](n2ncc3c(N(C)CC(C)(C)O)nc(-c4noc5c4CCC[C@@]54CCCc5sc(N)c(C#N)c54)nc32)C1. The Morgan fingerprint density at radius 2 is 2.07 bits per heavy atom. The van der Waals surface area contributed by atoms with Crippen LogP contribution in [-0.2, 0) is 18.3 Å². The van der Waals surface area contributed by atoms with Crippen LogP contribution in [0.15, 0.2) is 10.7 Å². The Labute approximate surface area is 248 Å². The Kier molecular flexibility index (Phi) is 6.34. The van der Waals surface area contributed by atoms with Gasteiger partial charge in [0.15, 0.2) is 22.9 Å². The maximum Gasteiger partial charge on any atom is 0.186 e. The number of anilines is 2. The summed E-state index contributed by atoms with van der Waals surface area (Å²) < 4.78 is 8.29. The smallest absolute Gasteiger partial charge is 0.186 e. The number of nitrogens with two attached hydrogens (primary N) is 1. The number of nitriles is 1. The summed E-state index contributed by atoms with van der Waals surface area (Å²) in [6.07, 6.45) is 8.32. The molecule has 3 aliphatic rings. The minimum absolute atomic E-state index is 0.214. The summed E-state index contributed by atoms with van der Waals surface area (Å²) in [6, 6.07) is 2.61. The second-order valence-electron chi connectivity index (χ2n) is 12.9. The Bertz CT molecular complexity index is 1720. The number of thiophene rings is 1. The lowest BCUT2D eigenvalue weighted by Crippen LogP contribution is -2.36. The first-order chi connectivity index (χ1) is 20.1. The van der Waals surface area contributed by atoms with Crippen LogP contribution in [0.25, 0.3) is 22.6 Å². The number of likely N-dealkylation sites (N-methyl/N-ethyl adjacent to an activating group) is 2. The summed E-state index contributed by atoms with van der Waals surface area (Å²) in [7, 11) is 4.06. The first kappa shape index (κ1) is 27.3. The molecule has 0 unspecified atom stereocenters. The van der Waals surface area contributed by atoms with E-state index in [0.717, 1.165) is 86.0 Å². The van der Waals surface area contributed by atoms with Gasteiger partial charge in [-0.15, -0.1) is 11.3 Å². The summed E-state index contributed by atoms with van der Waals surface area (Å²) >= 11 is 1.54. The van der Waals surface area contributed by atoms with Crippen molar-refractivity contribution in [3.63, 3.8) is 0 Å². The minimum atomic E-state index is -0.921. The largest absolute Gasteiger partial charge is 0.389 e. The summed E-state index contributed by atoms with van der Waals surface area (Å²) in [4.78, 5) is 15.6. The van der Waals surface area contributed by atoms with Gasteiger partial charge >= 0.3 is 0 Å². The highest BCUT2D eigenvalue weighted by Gasteiger charge is 2.49. The molecule has 11 nitrogen and oxygen atoms in total. The first-order valence-electron chi connectivity index (χ1n) is 14.8. The molecule has 2 aliphatic carbocycles. The zero-order valence-corrected chi connectivity index (χ0v) is 25.5. The van der Waals surface area contributed by atoms with Gasteiger partial charge in [0, 0.05) is 37.1 Å². The van der Waals surface area contributed by atoms with Crippen molar-refractivity contribution >= 4 is 33.2 Å². The van der Waals surface area contributed by atoms with Gasteiger partial charge in [0.2, 0.25) is 0 Å². The topological polar surface area (TPSA) is 146 Å². The molecule has 1 fully saturated rings. The molecule has 0 radical (unpaired) electrons. The van der Waals surface area contributed by atoms with Crippen molar-refractivity contribution in [2.45, 2.75) is 75.9 Å². The van der Waals surface area contributed by atoms with Gasteiger partial charge in [-0.05, 0) is 71.4 Å². The van der Waals surface area contributed by atoms with Gasteiger partial charge in [0.1, 0.15) is 16.9 Å². The molecule has 4 aromatic heterocycles. The van der Waals surface area contributed by atoms with Gasteiger partial charge in [-0.3, -0.25) is 0 Å². The fourth-order valence-corrected chi connectivity index (χ4v) is 8.72. The molecule has 0 amide bonds. The number of aryl methyl sites for hydroxylation is 1. The second-order valence-corrected chi connectivity index (χ2v) is 14.1. The van der Waals surface area contributed by atoms with Crippen LogP contribution in [0.4, 0.5) is 10.8 Å². The minimum Gasteiger partial charge on any atom is -0.389 e. The lowest BCUT2D eigenvalue weighted by atomic mass is 9.63. The van der Waals surface area contributed by atoms with Crippen LogP contribution in [0.2, 0.25) is 0 Å². The number of rotatable bonds is 5. The third-order valence-corrected chi connectivity index (χ3v) is 10.3. The van der Waals surface area contributed by atoms with Crippen molar-refractivity contribution in [1.29, 1.82) is 5.26 Å². The Balaban J connectivity index is 1.40. The van der Waals surface area contributed by atoms with Crippen molar-refractivity contribution in [2.24, 2.45) is 0 Å². The lowest BCUT2D eigenvalue weighted by molar-refractivity contribution is 0.0885. The molecule has 1 saturated heterocycles. The maximum atomic E-state index is 10.6. The van der Waals surface area contributed by atoms with Crippen LogP contribution in [0.1, 0.15) is 79.3 Å². The van der Waals surface area contributed by atoms with Gasteiger partial charge < -0.3 is 25.2 Å². The highest BCUT2D eigenvalue weighted by Crippen LogP contribution is 2.55. The van der Waals surface area contributed by atoms with Crippen LogP contribution >= 0.6 is 11.3 Å². The zero-order chi connectivity index (χ0) is 29.4. The fourth-order valence-electron chi connectivity index (χ4n) is 7.56. The van der Waals surface area contributed by atoms with Crippen LogP contribution in [0, 0.1) is 11.3 Å². The molecule has 2 atom stereocenters. The molecule has 4 aromatic rings. The molecule has 7 rings (SSSR count). The number of nitrogen functional groups attached to an aromatic ring is 1. The first-order valence-corrected chi connectivity index (χ1v) is 15.6. The normalized spacial score (nSPS) is 22.4. The number of likely N-dealkylation sites (tertiary alicyclic amines) is 1. The summed E-state index contributed by atoms with van der Waals surface area (Å²) in [6.45, 7) is 5.88. The molecular weight excluding hydrogens is 550 g/mol. The van der Waals surface area contributed by atoms with Crippen LogP contribution in [0.3, 0.4) is 0 Å². The third kappa shape index (κ3) is 4.20. The molecular formula is C30H37N9O2S. The van der Waals surface area contributed by atoms with Crippen LogP contribution in [-0.4, -0.2) is 74.2 Å². The van der Waals surface area contributed by atoms with E-state index in [1.54, 1.807) is 25.2 Å². The van der Waals surface area contributed by atoms with Crippen molar-refractivity contribution in [1.82, 2.24) is 29.8 Å². The molecule has 3 N–H and O–H groups in total. The highest BCUT2D eigenvalue weighted by atomic mass is 32.1. The fraction of sp³-hybridized carbons (Fsp3) is 0.567. The summed E-state index contributed by atoms with van der Waals surface area (Å²) in [5, 5.41) is 31.6.